The monoisotopic (exact) mass is 279 g/mol. The van der Waals surface area contributed by atoms with Crippen LogP contribution >= 0.6 is 0 Å². The number of carbonyl (C=O) groups excluding carboxylic acids is 1. The maximum absolute atomic E-state index is 12.4. The van der Waals surface area contributed by atoms with E-state index < -0.39 is 0 Å². The fraction of sp³-hybridized carbons (Fsp3) is 0.714. The highest BCUT2D eigenvalue weighted by Gasteiger charge is 2.24. The highest BCUT2D eigenvalue weighted by molar-refractivity contribution is 5.98. The molecule has 1 aromatic heterocycles. The first-order valence-corrected chi connectivity index (χ1v) is 7.41. The van der Waals surface area contributed by atoms with E-state index in [2.05, 4.69) is 22.2 Å². The summed E-state index contributed by atoms with van der Waals surface area (Å²) >= 11 is 0. The quantitative estimate of drug-likeness (QED) is 0.854. The van der Waals surface area contributed by atoms with E-state index >= 15 is 0 Å². The molecule has 6 nitrogen and oxygen atoms in total. The number of nitrogens with zero attached hydrogens (tertiary/aromatic N) is 3. The van der Waals surface area contributed by atoms with Gasteiger partial charge in [-0.25, -0.2) is 0 Å². The molecule has 6 heteroatoms. The molecule has 1 atom stereocenters. The van der Waals surface area contributed by atoms with Crippen molar-refractivity contribution in [3.8, 4) is 0 Å². The summed E-state index contributed by atoms with van der Waals surface area (Å²) in [5.74, 6) is -0.111. The van der Waals surface area contributed by atoms with Crippen LogP contribution in [-0.2, 0) is 13.5 Å². The van der Waals surface area contributed by atoms with Crippen LogP contribution in [0.5, 0.6) is 0 Å². The molecule has 1 unspecified atom stereocenters. The Kier molecular flexibility index (Phi) is 4.65. The van der Waals surface area contributed by atoms with Crippen molar-refractivity contribution in [2.24, 2.45) is 7.05 Å². The Morgan fingerprint density at radius 1 is 1.50 bits per heavy atom. The summed E-state index contributed by atoms with van der Waals surface area (Å²) < 4.78 is 1.59. The molecule has 2 heterocycles. The second-order valence-corrected chi connectivity index (χ2v) is 5.39. The summed E-state index contributed by atoms with van der Waals surface area (Å²) in [6.07, 6.45) is 2.89. The molecular formula is C14H25N5O. The smallest absolute Gasteiger partial charge is 0.271 e. The van der Waals surface area contributed by atoms with Gasteiger partial charge in [0.1, 0.15) is 5.69 Å². The van der Waals surface area contributed by atoms with Crippen LogP contribution in [-0.4, -0.2) is 46.3 Å². The van der Waals surface area contributed by atoms with Gasteiger partial charge in [-0.3, -0.25) is 9.48 Å². The Balaban J connectivity index is 2.06. The Hall–Kier alpha value is -1.56. The van der Waals surface area contributed by atoms with Crippen molar-refractivity contribution in [2.45, 2.75) is 39.2 Å². The number of nitrogens with one attached hydrogen (secondary N) is 1. The van der Waals surface area contributed by atoms with Crippen LogP contribution < -0.4 is 11.1 Å². The molecular weight excluding hydrogens is 254 g/mol. The summed E-state index contributed by atoms with van der Waals surface area (Å²) in [4.78, 5) is 14.8. The minimum Gasteiger partial charge on any atom is -0.395 e. The van der Waals surface area contributed by atoms with Gasteiger partial charge >= 0.3 is 0 Å². The van der Waals surface area contributed by atoms with Crippen LogP contribution in [0.25, 0.3) is 0 Å². The molecule has 1 aromatic rings. The van der Waals surface area contributed by atoms with Gasteiger partial charge in [0.15, 0.2) is 0 Å². The first kappa shape index (κ1) is 14.8. The van der Waals surface area contributed by atoms with E-state index in [0.29, 0.717) is 11.4 Å². The van der Waals surface area contributed by atoms with Crippen LogP contribution in [0.1, 0.15) is 42.9 Å². The summed E-state index contributed by atoms with van der Waals surface area (Å²) in [7, 11) is 1.77. The number of piperidine rings is 1. The lowest BCUT2D eigenvalue weighted by atomic mass is 10.1. The van der Waals surface area contributed by atoms with Crippen molar-refractivity contribution in [3.05, 3.63) is 11.4 Å². The normalized spacial score (nSPS) is 20.1. The Morgan fingerprint density at radius 3 is 2.85 bits per heavy atom. The molecule has 1 amide bonds. The molecule has 2 rings (SSSR count). The molecule has 0 aromatic carbocycles. The molecule has 1 aliphatic heterocycles. The van der Waals surface area contributed by atoms with Crippen LogP contribution in [0.15, 0.2) is 0 Å². The number of likely N-dealkylation sites (N-methyl/N-ethyl adjacent to an activating group) is 1. The number of hydrogen-bond acceptors (Lipinski definition) is 4. The van der Waals surface area contributed by atoms with Crippen molar-refractivity contribution in [1.82, 2.24) is 20.0 Å². The van der Waals surface area contributed by atoms with Gasteiger partial charge in [-0.1, -0.05) is 13.8 Å². The number of rotatable bonds is 4. The van der Waals surface area contributed by atoms with Crippen LogP contribution in [0.3, 0.4) is 0 Å². The van der Waals surface area contributed by atoms with Gasteiger partial charge in [-0.2, -0.15) is 5.10 Å². The highest BCUT2D eigenvalue weighted by Crippen LogP contribution is 2.18. The average molecular weight is 279 g/mol. The van der Waals surface area contributed by atoms with Gasteiger partial charge in [-0.15, -0.1) is 0 Å². The zero-order valence-electron chi connectivity index (χ0n) is 12.6. The molecule has 1 aliphatic rings. The maximum Gasteiger partial charge on any atom is 0.271 e. The third-order valence-electron chi connectivity index (χ3n) is 4.00. The fourth-order valence-electron chi connectivity index (χ4n) is 2.84. The van der Waals surface area contributed by atoms with Gasteiger partial charge in [0.2, 0.25) is 0 Å². The van der Waals surface area contributed by atoms with Gasteiger partial charge < -0.3 is 16.0 Å². The van der Waals surface area contributed by atoms with Crippen molar-refractivity contribution in [3.63, 3.8) is 0 Å². The van der Waals surface area contributed by atoms with Gasteiger partial charge in [0.25, 0.3) is 5.91 Å². The maximum atomic E-state index is 12.4. The molecule has 0 aliphatic carbocycles. The number of nitrogen functional groups attached to an aromatic ring is 1. The Labute approximate surface area is 120 Å². The lowest BCUT2D eigenvalue weighted by molar-refractivity contribution is 0.0897. The summed E-state index contributed by atoms with van der Waals surface area (Å²) in [5.41, 5.74) is 7.80. The lowest BCUT2D eigenvalue weighted by Gasteiger charge is -2.32. The number of hydrogen-bond donors (Lipinski definition) is 2. The number of carbonyl (C=O) groups is 1. The van der Waals surface area contributed by atoms with E-state index in [1.165, 1.54) is 0 Å². The lowest BCUT2D eigenvalue weighted by Crippen LogP contribution is -2.47. The van der Waals surface area contributed by atoms with E-state index in [-0.39, 0.29) is 11.9 Å². The SMILES string of the molecule is CCc1nn(C)c(C(=O)NC2CCCN(CC)C2)c1N. The summed E-state index contributed by atoms with van der Waals surface area (Å²) in [6, 6.07) is 0.204. The number of amides is 1. The van der Waals surface area contributed by atoms with E-state index in [0.717, 1.165) is 44.6 Å². The minimum atomic E-state index is -0.111. The molecule has 20 heavy (non-hydrogen) atoms. The minimum absolute atomic E-state index is 0.111. The molecule has 3 N–H and O–H groups in total. The third kappa shape index (κ3) is 2.95. The average Bonchev–Trinajstić information content (AvgIpc) is 2.73. The number of aromatic nitrogens is 2. The standard InChI is InChI=1S/C14H25N5O/c1-4-11-12(15)13(18(3)17-11)14(20)16-10-7-6-8-19(5-2)9-10/h10H,4-9,15H2,1-3H3,(H,16,20). The fourth-order valence-corrected chi connectivity index (χ4v) is 2.84. The number of likely N-dealkylation sites (tertiary alicyclic amines) is 1. The van der Waals surface area contributed by atoms with Crippen LogP contribution in [0.2, 0.25) is 0 Å². The highest BCUT2D eigenvalue weighted by atomic mass is 16.2. The molecule has 112 valence electrons. The first-order valence-electron chi connectivity index (χ1n) is 7.41. The van der Waals surface area contributed by atoms with Gasteiger partial charge in [0, 0.05) is 19.6 Å². The van der Waals surface area contributed by atoms with E-state index in [9.17, 15) is 4.79 Å². The topological polar surface area (TPSA) is 76.2 Å². The zero-order chi connectivity index (χ0) is 14.7. The number of aryl methyl sites for hydroxylation is 2. The summed E-state index contributed by atoms with van der Waals surface area (Å²) in [6.45, 7) is 7.20. The second kappa shape index (κ2) is 6.26. The van der Waals surface area contributed by atoms with Crippen molar-refractivity contribution in [1.29, 1.82) is 0 Å². The van der Waals surface area contributed by atoms with Crippen LogP contribution in [0.4, 0.5) is 5.69 Å². The molecule has 1 saturated heterocycles. The third-order valence-corrected chi connectivity index (χ3v) is 4.00. The molecule has 0 saturated carbocycles. The number of anilines is 1. The van der Waals surface area contributed by atoms with E-state index in [1.807, 2.05) is 6.92 Å². The van der Waals surface area contributed by atoms with Crippen molar-refractivity contribution >= 4 is 11.6 Å². The predicted octanol–water partition coefficient (Wildman–Crippen LogP) is 0.779. The Bertz CT molecular complexity index is 482. The Morgan fingerprint density at radius 2 is 2.25 bits per heavy atom. The van der Waals surface area contributed by atoms with E-state index in [1.54, 1.807) is 11.7 Å². The summed E-state index contributed by atoms with van der Waals surface area (Å²) in [5, 5.41) is 7.39. The van der Waals surface area contributed by atoms with Crippen molar-refractivity contribution < 1.29 is 4.79 Å². The molecule has 0 bridgehead atoms. The number of nitrogens with two attached hydrogens (primary N) is 1. The second-order valence-electron chi connectivity index (χ2n) is 5.39. The van der Waals surface area contributed by atoms with Gasteiger partial charge in [-0.05, 0) is 32.4 Å². The predicted molar refractivity (Wildman–Crippen MR) is 79.6 cm³/mol. The molecule has 1 fully saturated rings. The first-order chi connectivity index (χ1) is 9.56. The van der Waals surface area contributed by atoms with E-state index in [4.69, 9.17) is 5.73 Å². The zero-order valence-corrected chi connectivity index (χ0v) is 12.6. The molecule has 0 radical (unpaired) electrons. The van der Waals surface area contributed by atoms with Gasteiger partial charge in [0.05, 0.1) is 11.4 Å². The van der Waals surface area contributed by atoms with Crippen LogP contribution in [0, 0.1) is 0 Å². The largest absolute Gasteiger partial charge is 0.395 e. The molecule has 0 spiro atoms. The van der Waals surface area contributed by atoms with Crippen molar-refractivity contribution in [2.75, 3.05) is 25.4 Å².